The zero-order valence-electron chi connectivity index (χ0n) is 9.01. The molecular weight excluding hydrogens is 214 g/mol. The number of anilines is 2. The summed E-state index contributed by atoms with van der Waals surface area (Å²) >= 11 is 0. The molecule has 0 unspecified atom stereocenters. The lowest BCUT2D eigenvalue weighted by Crippen LogP contribution is -2.14. The predicted molar refractivity (Wildman–Crippen MR) is 57.2 cm³/mol. The van der Waals surface area contributed by atoms with Gasteiger partial charge in [0.15, 0.2) is 0 Å². The topological polar surface area (TPSA) is 115 Å². The Labute approximate surface area is 92.8 Å². The molecule has 0 radical (unpaired) electrons. The van der Waals surface area contributed by atoms with Crippen molar-refractivity contribution in [3.05, 3.63) is 0 Å². The highest BCUT2D eigenvalue weighted by molar-refractivity contribution is 5.32. The zero-order chi connectivity index (χ0) is 11.8. The minimum atomic E-state index is 0.00648. The number of hydrogen-bond acceptors (Lipinski definition) is 8. The Morgan fingerprint density at radius 1 is 1.31 bits per heavy atom. The fraction of sp³-hybridized carbons (Fsp3) is 0.625. The van der Waals surface area contributed by atoms with Gasteiger partial charge in [-0.3, -0.25) is 0 Å². The molecule has 0 saturated heterocycles. The number of methoxy groups -OCH3 is 1. The molecule has 0 atom stereocenters. The van der Waals surface area contributed by atoms with Gasteiger partial charge in [-0.2, -0.15) is 15.0 Å². The van der Waals surface area contributed by atoms with Crippen molar-refractivity contribution in [2.45, 2.75) is 0 Å². The lowest BCUT2D eigenvalue weighted by molar-refractivity contribution is 0.0991. The maximum Gasteiger partial charge on any atom is 0.322 e. The standard InChI is InChI=1S/C8H15N5O3/c1-15-8-12-6(9)11-7(13-8)10-2-4-16-5-3-14/h14H,2-5H2,1H3,(H3,9,10,11,12,13). The molecule has 1 heterocycles. The summed E-state index contributed by atoms with van der Waals surface area (Å²) in [5.74, 6) is 0.419. The number of nitrogens with two attached hydrogens (primary N) is 1. The van der Waals surface area contributed by atoms with E-state index in [1.54, 1.807) is 0 Å². The van der Waals surface area contributed by atoms with Gasteiger partial charge in [0, 0.05) is 6.54 Å². The average Bonchev–Trinajstić information content (AvgIpc) is 2.28. The molecule has 4 N–H and O–H groups in total. The molecule has 16 heavy (non-hydrogen) atoms. The number of rotatable bonds is 7. The summed E-state index contributed by atoms with van der Waals surface area (Å²) in [6, 6.07) is 0.159. The molecule has 90 valence electrons. The van der Waals surface area contributed by atoms with E-state index in [0.29, 0.717) is 25.7 Å². The number of aliphatic hydroxyl groups excluding tert-OH is 1. The first-order valence-corrected chi connectivity index (χ1v) is 4.74. The first-order chi connectivity index (χ1) is 7.76. The summed E-state index contributed by atoms with van der Waals surface area (Å²) in [5.41, 5.74) is 5.44. The first kappa shape index (κ1) is 12.4. The Bertz CT molecular complexity index is 323. The predicted octanol–water partition coefficient (Wildman–Crippen LogP) is -1.12. The minimum Gasteiger partial charge on any atom is -0.467 e. The number of aromatic nitrogens is 3. The summed E-state index contributed by atoms with van der Waals surface area (Å²) in [7, 11) is 1.45. The third-order valence-electron chi connectivity index (χ3n) is 1.58. The normalized spacial score (nSPS) is 10.1. The Kier molecular flexibility index (Phi) is 5.23. The van der Waals surface area contributed by atoms with Crippen LogP contribution in [0.2, 0.25) is 0 Å². The Balaban J connectivity index is 2.38. The molecule has 0 bridgehead atoms. The van der Waals surface area contributed by atoms with Crippen LogP contribution in [0.1, 0.15) is 0 Å². The van der Waals surface area contributed by atoms with Crippen molar-refractivity contribution in [3.8, 4) is 6.01 Å². The second-order valence-corrected chi connectivity index (χ2v) is 2.77. The number of hydrogen-bond donors (Lipinski definition) is 3. The summed E-state index contributed by atoms with van der Waals surface area (Å²) < 4.78 is 9.88. The first-order valence-electron chi connectivity index (χ1n) is 4.74. The highest BCUT2D eigenvalue weighted by atomic mass is 16.5. The van der Waals surface area contributed by atoms with Crippen molar-refractivity contribution in [2.24, 2.45) is 0 Å². The maximum absolute atomic E-state index is 8.48. The summed E-state index contributed by atoms with van der Waals surface area (Å²) in [6.45, 7) is 1.26. The van der Waals surface area contributed by atoms with Crippen molar-refractivity contribution < 1.29 is 14.6 Å². The fourth-order valence-corrected chi connectivity index (χ4v) is 0.944. The Morgan fingerprint density at radius 3 is 2.81 bits per heavy atom. The van der Waals surface area contributed by atoms with Crippen LogP contribution in [-0.2, 0) is 4.74 Å². The molecule has 0 amide bonds. The van der Waals surface area contributed by atoms with Crippen LogP contribution in [0.25, 0.3) is 0 Å². The molecule has 0 saturated carbocycles. The van der Waals surface area contributed by atoms with Gasteiger partial charge in [0.05, 0.1) is 26.9 Å². The molecular formula is C8H15N5O3. The number of nitrogen functional groups attached to an aromatic ring is 1. The third kappa shape index (κ3) is 4.24. The number of aliphatic hydroxyl groups is 1. The molecule has 0 aliphatic carbocycles. The molecule has 0 spiro atoms. The lowest BCUT2D eigenvalue weighted by atomic mass is 10.6. The molecule has 0 aliphatic heterocycles. The highest BCUT2D eigenvalue weighted by Crippen LogP contribution is 2.07. The number of ether oxygens (including phenoxy) is 2. The molecule has 1 rings (SSSR count). The second-order valence-electron chi connectivity index (χ2n) is 2.77. The van der Waals surface area contributed by atoms with E-state index in [1.807, 2.05) is 0 Å². The van der Waals surface area contributed by atoms with Crippen molar-refractivity contribution in [1.29, 1.82) is 0 Å². The lowest BCUT2D eigenvalue weighted by Gasteiger charge is -2.06. The van der Waals surface area contributed by atoms with Gasteiger partial charge in [0.1, 0.15) is 0 Å². The minimum absolute atomic E-state index is 0.00648. The Hall–Kier alpha value is -1.67. The molecule has 1 aromatic rings. The van der Waals surface area contributed by atoms with E-state index in [4.69, 9.17) is 20.3 Å². The van der Waals surface area contributed by atoms with Crippen LogP contribution in [0.4, 0.5) is 11.9 Å². The van der Waals surface area contributed by atoms with Crippen LogP contribution in [0.15, 0.2) is 0 Å². The van der Waals surface area contributed by atoms with E-state index in [9.17, 15) is 0 Å². The van der Waals surface area contributed by atoms with Crippen molar-refractivity contribution in [3.63, 3.8) is 0 Å². The monoisotopic (exact) mass is 229 g/mol. The van der Waals surface area contributed by atoms with Gasteiger partial charge in [-0.05, 0) is 0 Å². The smallest absolute Gasteiger partial charge is 0.322 e. The molecule has 0 aromatic carbocycles. The van der Waals surface area contributed by atoms with Crippen LogP contribution in [0, 0.1) is 0 Å². The van der Waals surface area contributed by atoms with Crippen LogP contribution < -0.4 is 15.8 Å². The van der Waals surface area contributed by atoms with Crippen LogP contribution in [0.5, 0.6) is 6.01 Å². The largest absolute Gasteiger partial charge is 0.467 e. The van der Waals surface area contributed by atoms with Gasteiger partial charge in [0.25, 0.3) is 0 Å². The number of nitrogens with one attached hydrogen (secondary N) is 1. The Morgan fingerprint density at radius 2 is 2.12 bits per heavy atom. The van der Waals surface area contributed by atoms with Gasteiger partial charge in [-0.1, -0.05) is 0 Å². The van der Waals surface area contributed by atoms with Gasteiger partial charge in [-0.15, -0.1) is 0 Å². The van der Waals surface area contributed by atoms with E-state index >= 15 is 0 Å². The maximum atomic E-state index is 8.48. The highest BCUT2D eigenvalue weighted by Gasteiger charge is 2.03. The summed E-state index contributed by atoms with van der Waals surface area (Å²) in [5, 5.41) is 11.4. The van der Waals surface area contributed by atoms with Gasteiger partial charge >= 0.3 is 6.01 Å². The molecule has 8 nitrogen and oxygen atoms in total. The molecule has 0 aliphatic rings. The number of nitrogens with zero attached hydrogens (tertiary/aromatic N) is 3. The van der Waals surface area contributed by atoms with Gasteiger partial charge in [-0.25, -0.2) is 0 Å². The van der Waals surface area contributed by atoms with Gasteiger partial charge < -0.3 is 25.6 Å². The quantitative estimate of drug-likeness (QED) is 0.504. The molecule has 8 heteroatoms. The van der Waals surface area contributed by atoms with Crippen molar-refractivity contribution >= 4 is 11.9 Å². The van der Waals surface area contributed by atoms with Crippen LogP contribution >= 0.6 is 0 Å². The van der Waals surface area contributed by atoms with E-state index in [0.717, 1.165) is 0 Å². The van der Waals surface area contributed by atoms with Crippen LogP contribution in [-0.4, -0.2) is 53.5 Å². The summed E-state index contributed by atoms with van der Waals surface area (Å²) in [6.07, 6.45) is 0. The van der Waals surface area contributed by atoms with E-state index in [2.05, 4.69) is 20.3 Å². The molecule has 0 fully saturated rings. The van der Waals surface area contributed by atoms with Gasteiger partial charge in [0.2, 0.25) is 11.9 Å². The second kappa shape index (κ2) is 6.75. The van der Waals surface area contributed by atoms with Crippen molar-refractivity contribution in [1.82, 2.24) is 15.0 Å². The van der Waals surface area contributed by atoms with E-state index in [-0.39, 0.29) is 18.6 Å². The van der Waals surface area contributed by atoms with Crippen molar-refractivity contribution in [2.75, 3.05) is 44.5 Å². The average molecular weight is 229 g/mol. The third-order valence-corrected chi connectivity index (χ3v) is 1.58. The van der Waals surface area contributed by atoms with E-state index in [1.165, 1.54) is 7.11 Å². The SMILES string of the molecule is COc1nc(N)nc(NCCOCCO)n1. The van der Waals surface area contributed by atoms with Crippen LogP contribution in [0.3, 0.4) is 0 Å². The molecule has 1 aromatic heterocycles. The van der Waals surface area contributed by atoms with E-state index < -0.39 is 0 Å². The summed E-state index contributed by atoms with van der Waals surface area (Å²) in [4.78, 5) is 11.5. The zero-order valence-corrected chi connectivity index (χ0v) is 9.01. The fourth-order valence-electron chi connectivity index (χ4n) is 0.944.